The maximum absolute atomic E-state index is 12.9. The highest BCUT2D eigenvalue weighted by Crippen LogP contribution is 2.31. The molecule has 0 bridgehead atoms. The van der Waals surface area contributed by atoms with E-state index >= 15 is 0 Å². The largest absolute Gasteiger partial charge is 0.497 e. The number of ether oxygens (including phenoxy) is 1. The van der Waals surface area contributed by atoms with Crippen molar-refractivity contribution in [2.24, 2.45) is 22.6 Å². The minimum atomic E-state index is -0.718. The second kappa shape index (κ2) is 9.35. The fraction of sp³-hybridized carbons (Fsp3) is 0.652. The quantitative estimate of drug-likeness (QED) is 0.680. The summed E-state index contributed by atoms with van der Waals surface area (Å²) in [5, 5.41) is 10.7. The van der Waals surface area contributed by atoms with Crippen molar-refractivity contribution >= 4 is 11.9 Å². The molecule has 2 unspecified atom stereocenters. The number of aliphatic hydroxyl groups is 1. The molecule has 1 amide bonds. The van der Waals surface area contributed by atoms with Crippen molar-refractivity contribution < 1.29 is 14.6 Å². The van der Waals surface area contributed by atoms with Gasteiger partial charge in [0.15, 0.2) is 5.96 Å². The summed E-state index contributed by atoms with van der Waals surface area (Å²) in [6, 6.07) is 7.56. The lowest BCUT2D eigenvalue weighted by Gasteiger charge is -2.35. The minimum Gasteiger partial charge on any atom is -0.497 e. The topological polar surface area (TPSA) is 91.4 Å². The number of nitrogens with two attached hydrogens (primary N) is 1. The van der Waals surface area contributed by atoms with Gasteiger partial charge in [0.1, 0.15) is 17.5 Å². The number of benzene rings is 1. The highest BCUT2D eigenvalue weighted by Gasteiger charge is 2.44. The second-order valence-corrected chi connectivity index (χ2v) is 9.21. The number of likely N-dealkylation sites (tertiary alicyclic amines) is 1. The van der Waals surface area contributed by atoms with Crippen LogP contribution in [0.5, 0.6) is 5.75 Å². The van der Waals surface area contributed by atoms with Crippen molar-refractivity contribution in [2.45, 2.75) is 58.2 Å². The minimum absolute atomic E-state index is 0.0288. The van der Waals surface area contributed by atoms with E-state index in [2.05, 4.69) is 23.7 Å². The van der Waals surface area contributed by atoms with Crippen LogP contribution >= 0.6 is 0 Å². The molecule has 2 aliphatic rings. The molecule has 1 saturated heterocycles. The Morgan fingerprint density at radius 2 is 1.90 bits per heavy atom. The van der Waals surface area contributed by atoms with Crippen LogP contribution in [0.1, 0.15) is 58.2 Å². The number of aliphatic imine (C=N–C) groups is 1. The molecule has 0 radical (unpaired) electrons. The number of methoxy groups -OCH3 is 1. The Morgan fingerprint density at radius 1 is 1.27 bits per heavy atom. The van der Waals surface area contributed by atoms with Gasteiger partial charge in [-0.05, 0) is 62.1 Å². The van der Waals surface area contributed by atoms with Gasteiger partial charge in [0, 0.05) is 19.6 Å². The molecule has 0 aromatic heterocycles. The summed E-state index contributed by atoms with van der Waals surface area (Å²) in [7, 11) is 1.64. The van der Waals surface area contributed by atoms with Gasteiger partial charge in [-0.15, -0.1) is 0 Å². The van der Waals surface area contributed by atoms with Crippen LogP contribution < -0.4 is 10.5 Å². The molecule has 2 atom stereocenters. The molecule has 7 heteroatoms. The molecular weight excluding hydrogens is 380 g/mol. The van der Waals surface area contributed by atoms with Crippen LogP contribution in [-0.4, -0.2) is 59.1 Å². The van der Waals surface area contributed by atoms with Gasteiger partial charge in [0.05, 0.1) is 7.11 Å². The maximum Gasteiger partial charge on any atom is 0.257 e. The van der Waals surface area contributed by atoms with Gasteiger partial charge in [-0.25, -0.2) is 4.99 Å². The van der Waals surface area contributed by atoms with Gasteiger partial charge in [0.25, 0.3) is 5.91 Å². The molecule has 166 valence electrons. The predicted molar refractivity (Wildman–Crippen MR) is 118 cm³/mol. The first kappa shape index (κ1) is 22.6. The zero-order chi connectivity index (χ0) is 21.9. The molecule has 0 spiro atoms. The molecule has 0 aliphatic carbocycles. The lowest BCUT2D eigenvalue weighted by Crippen LogP contribution is -2.45. The molecule has 2 heterocycles. The summed E-state index contributed by atoms with van der Waals surface area (Å²) in [4.78, 5) is 21.1. The normalized spacial score (nSPS) is 24.4. The van der Waals surface area contributed by atoms with E-state index in [-0.39, 0.29) is 5.91 Å². The van der Waals surface area contributed by atoms with Crippen molar-refractivity contribution in [1.82, 2.24) is 9.80 Å². The highest BCUT2D eigenvalue weighted by molar-refractivity contribution is 6.06. The summed E-state index contributed by atoms with van der Waals surface area (Å²) >= 11 is 0. The van der Waals surface area contributed by atoms with Crippen molar-refractivity contribution in [3.63, 3.8) is 0 Å². The molecule has 1 aromatic rings. The van der Waals surface area contributed by atoms with E-state index in [0.717, 1.165) is 43.7 Å². The third-order valence-electron chi connectivity index (χ3n) is 6.32. The van der Waals surface area contributed by atoms with Crippen LogP contribution in [0.2, 0.25) is 0 Å². The SMILES string of the molecule is COc1ccc(C(O)N2CCC(CCN3C(=O)C(C)(CC(C)C)N=C3N)CC2)cc1. The van der Waals surface area contributed by atoms with E-state index in [1.807, 2.05) is 31.2 Å². The summed E-state index contributed by atoms with van der Waals surface area (Å²) < 4.78 is 5.18. The number of hydrogen-bond donors (Lipinski definition) is 2. The number of rotatable bonds is 8. The van der Waals surface area contributed by atoms with E-state index in [1.165, 1.54) is 0 Å². The van der Waals surface area contributed by atoms with Crippen LogP contribution in [0.3, 0.4) is 0 Å². The smallest absolute Gasteiger partial charge is 0.257 e. The first-order valence-electron chi connectivity index (χ1n) is 11.0. The van der Waals surface area contributed by atoms with Crippen molar-refractivity contribution in [3.05, 3.63) is 29.8 Å². The maximum atomic E-state index is 12.9. The van der Waals surface area contributed by atoms with Crippen LogP contribution in [0.15, 0.2) is 29.3 Å². The average molecular weight is 417 g/mol. The van der Waals surface area contributed by atoms with Crippen molar-refractivity contribution in [2.75, 3.05) is 26.7 Å². The van der Waals surface area contributed by atoms with Gasteiger partial charge in [-0.2, -0.15) is 0 Å². The molecule has 0 saturated carbocycles. The standard InChI is InChI=1S/C23H36N4O3/c1-16(2)15-23(3)21(29)27(22(24)25-23)14-11-17-9-12-26(13-10-17)20(28)18-5-7-19(30-4)8-6-18/h5-8,16-17,20,28H,9-15H2,1-4H3,(H2,24,25). The number of aliphatic hydroxyl groups excluding tert-OH is 1. The Balaban J connectivity index is 1.48. The predicted octanol–water partition coefficient (Wildman–Crippen LogP) is 2.75. The van der Waals surface area contributed by atoms with E-state index in [9.17, 15) is 9.90 Å². The third-order valence-corrected chi connectivity index (χ3v) is 6.32. The Morgan fingerprint density at radius 3 is 2.47 bits per heavy atom. The van der Waals surface area contributed by atoms with Crippen LogP contribution in [0.4, 0.5) is 0 Å². The number of piperidine rings is 1. The second-order valence-electron chi connectivity index (χ2n) is 9.21. The Hall–Kier alpha value is -2.12. The van der Waals surface area contributed by atoms with E-state index in [0.29, 0.717) is 30.8 Å². The Kier molecular flexibility index (Phi) is 7.03. The lowest BCUT2D eigenvalue weighted by molar-refractivity contribution is -0.131. The molecular formula is C23H36N4O3. The van der Waals surface area contributed by atoms with E-state index < -0.39 is 11.8 Å². The summed E-state index contributed by atoms with van der Waals surface area (Å²) in [5.41, 5.74) is 6.25. The number of carbonyl (C=O) groups excluding carboxylic acids is 1. The van der Waals surface area contributed by atoms with E-state index in [1.54, 1.807) is 12.0 Å². The molecule has 1 aromatic carbocycles. The number of hydrogen-bond acceptors (Lipinski definition) is 6. The molecule has 7 nitrogen and oxygen atoms in total. The van der Waals surface area contributed by atoms with Gasteiger partial charge < -0.3 is 15.6 Å². The first-order valence-corrected chi connectivity index (χ1v) is 11.0. The summed E-state index contributed by atoms with van der Waals surface area (Å²) in [6.45, 7) is 8.37. The fourth-order valence-corrected chi connectivity index (χ4v) is 4.68. The molecule has 2 aliphatic heterocycles. The molecule has 3 N–H and O–H groups in total. The van der Waals surface area contributed by atoms with Gasteiger partial charge >= 0.3 is 0 Å². The van der Waals surface area contributed by atoms with Crippen molar-refractivity contribution in [3.8, 4) is 5.75 Å². The summed E-state index contributed by atoms with van der Waals surface area (Å²) in [6.07, 6.45) is 3.01. The average Bonchev–Trinajstić information content (AvgIpc) is 2.93. The van der Waals surface area contributed by atoms with E-state index in [4.69, 9.17) is 10.5 Å². The number of carbonyl (C=O) groups is 1. The number of nitrogens with zero attached hydrogens (tertiary/aromatic N) is 3. The van der Waals surface area contributed by atoms with Crippen LogP contribution in [-0.2, 0) is 4.79 Å². The highest BCUT2D eigenvalue weighted by atomic mass is 16.5. The monoisotopic (exact) mass is 416 g/mol. The van der Waals surface area contributed by atoms with Crippen LogP contribution in [0, 0.1) is 11.8 Å². The van der Waals surface area contributed by atoms with Crippen molar-refractivity contribution in [1.29, 1.82) is 0 Å². The van der Waals surface area contributed by atoms with Gasteiger partial charge in [-0.3, -0.25) is 14.6 Å². The molecule has 30 heavy (non-hydrogen) atoms. The Labute approximate surface area is 179 Å². The third kappa shape index (κ3) is 4.95. The first-order chi connectivity index (χ1) is 14.2. The lowest BCUT2D eigenvalue weighted by atomic mass is 9.90. The molecule has 3 rings (SSSR count). The Bertz CT molecular complexity index is 756. The number of guanidine groups is 1. The summed E-state index contributed by atoms with van der Waals surface area (Å²) in [5.74, 6) is 2.07. The fourth-order valence-electron chi connectivity index (χ4n) is 4.68. The molecule has 1 fully saturated rings. The van der Waals surface area contributed by atoms with Crippen LogP contribution in [0.25, 0.3) is 0 Å². The number of amides is 1. The van der Waals surface area contributed by atoms with Gasteiger partial charge in [-0.1, -0.05) is 26.0 Å². The zero-order valence-electron chi connectivity index (χ0n) is 18.7. The van der Waals surface area contributed by atoms with Gasteiger partial charge in [0.2, 0.25) is 0 Å². The zero-order valence-corrected chi connectivity index (χ0v) is 18.7.